The van der Waals surface area contributed by atoms with Crippen LogP contribution in [-0.4, -0.2) is 4.92 Å². The third-order valence-electron chi connectivity index (χ3n) is 3.70. The zero-order valence-electron chi connectivity index (χ0n) is 9.96. The summed E-state index contributed by atoms with van der Waals surface area (Å²) in [6.07, 6.45) is 0. The van der Waals surface area contributed by atoms with E-state index in [9.17, 15) is 10.1 Å². The number of hydrogen-bond donors (Lipinski definition) is 0. The van der Waals surface area contributed by atoms with Gasteiger partial charge in [-0.3, -0.25) is 10.1 Å². The summed E-state index contributed by atoms with van der Waals surface area (Å²) in [5.74, 6) is 0. The molecule has 0 N–H and O–H groups in total. The highest BCUT2D eigenvalue weighted by Gasteiger charge is 2.22. The molecule has 3 aromatic carbocycles. The lowest BCUT2D eigenvalue weighted by Crippen LogP contribution is -1.88. The highest BCUT2D eigenvalue weighted by atomic mass is 16.6. The van der Waals surface area contributed by atoms with Crippen LogP contribution in [0, 0.1) is 10.1 Å². The fraction of sp³-hybridized carbons (Fsp3) is 0. The quantitative estimate of drug-likeness (QED) is 0.369. The van der Waals surface area contributed by atoms with E-state index in [4.69, 9.17) is 0 Å². The van der Waals surface area contributed by atoms with Gasteiger partial charge in [-0.25, -0.2) is 0 Å². The van der Waals surface area contributed by atoms with Crippen LogP contribution in [0.2, 0.25) is 0 Å². The summed E-state index contributed by atoms with van der Waals surface area (Å²) in [4.78, 5) is 10.6. The molecule has 0 saturated heterocycles. The first-order chi connectivity index (χ1) is 9.25. The standard InChI is InChI=1S/C16H9NO2/c18-17(19)11-7-8-12-13-5-1-3-10-4-2-6-14(16(10)13)15(12)9-11/h1-9H. The monoisotopic (exact) mass is 247 g/mol. The van der Waals surface area contributed by atoms with E-state index in [0.29, 0.717) is 0 Å². The van der Waals surface area contributed by atoms with Crippen molar-refractivity contribution in [1.29, 1.82) is 0 Å². The lowest BCUT2D eigenvalue weighted by atomic mass is 10.0. The zero-order chi connectivity index (χ0) is 13.0. The molecule has 3 heteroatoms. The predicted octanol–water partition coefficient (Wildman–Crippen LogP) is 4.40. The SMILES string of the molecule is O=[N+]([O-])c1ccc2c(c1)-c1cccc3cccc-2c13. The highest BCUT2D eigenvalue weighted by Crippen LogP contribution is 2.47. The van der Waals surface area contributed by atoms with E-state index in [2.05, 4.69) is 18.2 Å². The Morgan fingerprint density at radius 1 is 0.789 bits per heavy atom. The van der Waals surface area contributed by atoms with E-state index in [1.807, 2.05) is 24.3 Å². The molecule has 0 saturated carbocycles. The number of hydrogen-bond acceptors (Lipinski definition) is 2. The average Bonchev–Trinajstić information content (AvgIpc) is 2.76. The van der Waals surface area contributed by atoms with Crippen molar-refractivity contribution in [2.75, 3.05) is 0 Å². The van der Waals surface area contributed by atoms with Crippen molar-refractivity contribution in [2.24, 2.45) is 0 Å². The molecule has 0 aromatic heterocycles. The maximum Gasteiger partial charge on any atom is 0.270 e. The molecule has 1 aliphatic rings. The number of non-ortho nitro benzene ring substituents is 1. The van der Waals surface area contributed by atoms with Crippen LogP contribution in [0.4, 0.5) is 5.69 Å². The third kappa shape index (κ3) is 1.27. The molecule has 4 rings (SSSR count). The topological polar surface area (TPSA) is 43.1 Å². The van der Waals surface area contributed by atoms with Crippen molar-refractivity contribution >= 4 is 16.5 Å². The van der Waals surface area contributed by atoms with Crippen molar-refractivity contribution < 1.29 is 4.92 Å². The van der Waals surface area contributed by atoms with Crippen LogP contribution in [0.1, 0.15) is 0 Å². The van der Waals surface area contributed by atoms with Crippen LogP contribution in [0.25, 0.3) is 33.0 Å². The van der Waals surface area contributed by atoms with E-state index in [1.165, 1.54) is 10.8 Å². The molecule has 0 radical (unpaired) electrons. The first-order valence-corrected chi connectivity index (χ1v) is 6.06. The summed E-state index contributed by atoms with van der Waals surface area (Å²) in [5.41, 5.74) is 4.44. The minimum Gasteiger partial charge on any atom is -0.258 e. The molecule has 0 bridgehead atoms. The van der Waals surface area contributed by atoms with Crippen molar-refractivity contribution in [1.82, 2.24) is 0 Å². The minimum absolute atomic E-state index is 0.142. The van der Waals surface area contributed by atoms with E-state index < -0.39 is 0 Å². The predicted molar refractivity (Wildman–Crippen MR) is 75.0 cm³/mol. The highest BCUT2D eigenvalue weighted by molar-refractivity contribution is 6.15. The second kappa shape index (κ2) is 3.42. The molecule has 0 fully saturated rings. The maximum atomic E-state index is 10.9. The molecule has 0 amide bonds. The molecule has 3 aromatic rings. The van der Waals surface area contributed by atoms with Crippen molar-refractivity contribution in [3.63, 3.8) is 0 Å². The van der Waals surface area contributed by atoms with Gasteiger partial charge in [-0.1, -0.05) is 36.4 Å². The summed E-state index contributed by atoms with van der Waals surface area (Å²) < 4.78 is 0. The first kappa shape index (κ1) is 10.3. The van der Waals surface area contributed by atoms with Crippen LogP contribution in [-0.2, 0) is 0 Å². The van der Waals surface area contributed by atoms with Crippen molar-refractivity contribution in [2.45, 2.75) is 0 Å². The second-order valence-electron chi connectivity index (χ2n) is 4.70. The molecule has 1 aliphatic carbocycles. The van der Waals surface area contributed by atoms with Crippen molar-refractivity contribution in [3.05, 3.63) is 64.7 Å². The molecule has 0 atom stereocenters. The fourth-order valence-corrected chi connectivity index (χ4v) is 2.89. The van der Waals surface area contributed by atoms with Crippen LogP contribution in [0.5, 0.6) is 0 Å². The Morgan fingerprint density at radius 2 is 1.47 bits per heavy atom. The Morgan fingerprint density at radius 3 is 2.16 bits per heavy atom. The Hall–Kier alpha value is -2.68. The number of nitro benzene ring substituents is 1. The third-order valence-corrected chi connectivity index (χ3v) is 3.70. The summed E-state index contributed by atoms with van der Waals surface area (Å²) in [7, 11) is 0. The molecule has 3 nitrogen and oxygen atoms in total. The maximum absolute atomic E-state index is 10.9. The van der Waals surface area contributed by atoms with Crippen LogP contribution < -0.4 is 0 Å². The molecule has 0 spiro atoms. The number of benzene rings is 3. The number of nitro groups is 1. The average molecular weight is 247 g/mol. The van der Waals surface area contributed by atoms with E-state index >= 15 is 0 Å². The van der Waals surface area contributed by atoms with Gasteiger partial charge in [0.15, 0.2) is 0 Å². The molecular formula is C16H9NO2. The number of fused-ring (bicyclic) bond motifs is 3. The fourth-order valence-electron chi connectivity index (χ4n) is 2.89. The van der Waals surface area contributed by atoms with Crippen molar-refractivity contribution in [3.8, 4) is 22.3 Å². The van der Waals surface area contributed by atoms with Gasteiger partial charge in [-0.2, -0.15) is 0 Å². The Bertz CT molecular complexity index is 847. The Kier molecular flexibility index (Phi) is 1.85. The minimum atomic E-state index is -0.344. The van der Waals surface area contributed by atoms with Crippen LogP contribution in [0.15, 0.2) is 54.6 Å². The van der Waals surface area contributed by atoms with Gasteiger partial charge >= 0.3 is 0 Å². The van der Waals surface area contributed by atoms with Gasteiger partial charge in [0.1, 0.15) is 0 Å². The number of nitrogens with zero attached hydrogens (tertiary/aromatic N) is 1. The molecule has 0 unspecified atom stereocenters. The molecular weight excluding hydrogens is 238 g/mol. The van der Waals surface area contributed by atoms with Gasteiger partial charge in [0.05, 0.1) is 4.92 Å². The van der Waals surface area contributed by atoms with Crippen LogP contribution in [0.3, 0.4) is 0 Å². The van der Waals surface area contributed by atoms with Gasteiger partial charge in [0.2, 0.25) is 0 Å². The van der Waals surface area contributed by atoms with E-state index in [1.54, 1.807) is 12.1 Å². The lowest BCUT2D eigenvalue weighted by molar-refractivity contribution is -0.384. The van der Waals surface area contributed by atoms with E-state index in [-0.39, 0.29) is 10.6 Å². The first-order valence-electron chi connectivity index (χ1n) is 6.06. The summed E-state index contributed by atoms with van der Waals surface area (Å²) in [5, 5.41) is 13.3. The molecule has 90 valence electrons. The summed E-state index contributed by atoms with van der Waals surface area (Å²) >= 11 is 0. The lowest BCUT2D eigenvalue weighted by Gasteiger charge is -2.00. The van der Waals surface area contributed by atoms with Gasteiger partial charge < -0.3 is 0 Å². The Labute approximate surface area is 109 Å². The molecule has 0 heterocycles. The Balaban J connectivity index is 2.14. The molecule has 0 aliphatic heterocycles. The van der Waals surface area contributed by atoms with E-state index in [0.717, 1.165) is 22.3 Å². The van der Waals surface area contributed by atoms with Gasteiger partial charge in [-0.15, -0.1) is 0 Å². The van der Waals surface area contributed by atoms with Gasteiger partial charge in [0.25, 0.3) is 5.69 Å². The van der Waals surface area contributed by atoms with Gasteiger partial charge in [0, 0.05) is 12.1 Å². The number of rotatable bonds is 1. The second-order valence-corrected chi connectivity index (χ2v) is 4.70. The summed E-state index contributed by atoms with van der Waals surface area (Å²) in [6.45, 7) is 0. The van der Waals surface area contributed by atoms with Crippen LogP contribution >= 0.6 is 0 Å². The normalized spacial score (nSPS) is 11.6. The molecule has 19 heavy (non-hydrogen) atoms. The zero-order valence-corrected chi connectivity index (χ0v) is 9.96. The van der Waals surface area contributed by atoms with Gasteiger partial charge in [-0.05, 0) is 39.1 Å². The largest absolute Gasteiger partial charge is 0.270 e. The summed E-state index contributed by atoms with van der Waals surface area (Å²) in [6, 6.07) is 17.4. The smallest absolute Gasteiger partial charge is 0.258 e.